The molecule has 32 valence electrons. The Balaban J connectivity index is 3.47. The third kappa shape index (κ3) is 113. The molecule has 0 amide bonds. The average molecular weight is 183 g/mol. The summed E-state index contributed by atoms with van der Waals surface area (Å²) in [5, 5.41) is 0. The van der Waals surface area contributed by atoms with Crippen LogP contribution in [0, 0.1) is 0 Å². The van der Waals surface area contributed by atoms with Crippen LogP contribution in [-0.4, -0.2) is 19.6 Å². The molecule has 5 heavy (non-hydrogen) atoms. The number of hydrogen-bond acceptors (Lipinski definition) is 1. The predicted octanol–water partition coefficient (Wildman–Crippen LogP) is 1.01. The molecule has 0 spiro atoms. The van der Waals surface area contributed by atoms with Crippen molar-refractivity contribution in [1.29, 1.82) is 0 Å². The van der Waals surface area contributed by atoms with E-state index in [9.17, 15) is 3.02 Å². The second kappa shape index (κ2) is 1.30. The van der Waals surface area contributed by atoms with E-state index in [0.29, 0.717) is 0 Å². The maximum atomic E-state index is 9.30. The molecule has 0 fully saturated rings. The summed E-state index contributed by atoms with van der Waals surface area (Å²) in [6, 6.07) is 0. The zero-order chi connectivity index (χ0) is 4.50. The molecular formula is H3N3OSb-3. The van der Waals surface area contributed by atoms with Gasteiger partial charge in [-0.15, -0.1) is 0 Å². The van der Waals surface area contributed by atoms with Gasteiger partial charge >= 0.3 is 34.3 Å². The SMILES string of the molecule is [NH-][Sb]([NH-])([NH-])=[O]. The van der Waals surface area contributed by atoms with Crippen LogP contribution >= 0.6 is 0 Å². The predicted molar refractivity (Wildman–Crippen MR) is 19.4 cm³/mol. The molecule has 0 radical (unpaired) electrons. The molecule has 0 atom stereocenters. The topological polar surface area (TPSA) is 88.5 Å². The fraction of sp³-hybridized carbons (Fsp3) is 0. The molecule has 0 aromatic carbocycles. The monoisotopic (exact) mass is 182 g/mol. The van der Waals surface area contributed by atoms with Crippen LogP contribution in [0.4, 0.5) is 0 Å². The molecule has 0 aliphatic carbocycles. The van der Waals surface area contributed by atoms with Gasteiger partial charge in [-0.3, -0.25) is 0 Å². The van der Waals surface area contributed by atoms with Gasteiger partial charge in [0, 0.05) is 0 Å². The molecule has 5 heteroatoms. The minimum atomic E-state index is -4.60. The first-order valence-corrected chi connectivity index (χ1v) is 5.72. The Morgan fingerprint density at radius 3 is 1.20 bits per heavy atom. The zero-order valence-corrected chi connectivity index (χ0v) is 4.91. The van der Waals surface area contributed by atoms with Crippen molar-refractivity contribution >= 4 is 19.6 Å². The molecule has 0 aliphatic rings. The van der Waals surface area contributed by atoms with Crippen LogP contribution in [-0.2, 0) is 3.02 Å². The van der Waals surface area contributed by atoms with Gasteiger partial charge in [-0.2, -0.15) is 0 Å². The van der Waals surface area contributed by atoms with Crippen molar-refractivity contribution in [2.24, 2.45) is 0 Å². The molecule has 0 unspecified atom stereocenters. The Bertz CT molecular complexity index is 53.0. The van der Waals surface area contributed by atoms with Gasteiger partial charge in [-0.25, -0.2) is 0 Å². The quantitative estimate of drug-likeness (QED) is 0.515. The first-order valence-electron chi connectivity index (χ1n) is 0.853. The zero-order valence-electron chi connectivity index (χ0n) is 2.36. The van der Waals surface area contributed by atoms with Crippen LogP contribution in [0.15, 0.2) is 0 Å². The van der Waals surface area contributed by atoms with Crippen LogP contribution in [0.5, 0.6) is 0 Å². The molecule has 4 nitrogen and oxygen atoms in total. The van der Waals surface area contributed by atoms with Gasteiger partial charge < -0.3 is 0 Å². The van der Waals surface area contributed by atoms with E-state index in [-0.39, 0.29) is 0 Å². The van der Waals surface area contributed by atoms with Crippen molar-refractivity contribution in [1.82, 2.24) is 0 Å². The van der Waals surface area contributed by atoms with Crippen LogP contribution in [0.2, 0.25) is 0 Å². The standard InChI is InChI=1S/3HN.O.Sb/h3*1H;;/q3*-1;;. The van der Waals surface area contributed by atoms with E-state index in [4.69, 9.17) is 11.7 Å². The number of hydrogen-bond donors (Lipinski definition) is 0. The Labute approximate surface area is 34.8 Å². The van der Waals surface area contributed by atoms with Crippen LogP contribution in [0.3, 0.4) is 0 Å². The maximum absolute atomic E-state index is 9.30. The van der Waals surface area contributed by atoms with Crippen molar-refractivity contribution in [3.05, 3.63) is 11.7 Å². The van der Waals surface area contributed by atoms with E-state index in [1.165, 1.54) is 0 Å². The van der Waals surface area contributed by atoms with Crippen molar-refractivity contribution in [2.75, 3.05) is 0 Å². The number of rotatable bonds is 0. The Morgan fingerprint density at radius 1 is 1.20 bits per heavy atom. The normalized spacial score (nSPS) is 11.8. The average Bonchev–Trinajstić information content (AvgIpc) is 0.722. The minimum absolute atomic E-state index is 4.60. The van der Waals surface area contributed by atoms with E-state index in [2.05, 4.69) is 0 Å². The summed E-state index contributed by atoms with van der Waals surface area (Å²) in [5.74, 6) is 0. The van der Waals surface area contributed by atoms with Gasteiger partial charge in [0.1, 0.15) is 0 Å². The molecular weight excluding hydrogens is 180 g/mol. The van der Waals surface area contributed by atoms with Crippen molar-refractivity contribution in [2.45, 2.75) is 0 Å². The summed E-state index contributed by atoms with van der Waals surface area (Å²) in [6.45, 7) is 0. The molecule has 0 saturated heterocycles. The van der Waals surface area contributed by atoms with Crippen LogP contribution in [0.25, 0.3) is 11.7 Å². The molecule has 0 rings (SSSR count). The van der Waals surface area contributed by atoms with Gasteiger partial charge in [0.05, 0.1) is 0 Å². The summed E-state index contributed by atoms with van der Waals surface area (Å²) in [7, 11) is 0. The van der Waals surface area contributed by atoms with Crippen LogP contribution < -0.4 is 0 Å². The summed E-state index contributed by atoms with van der Waals surface area (Å²) in [5.41, 5.74) is 0. The third-order valence-corrected chi connectivity index (χ3v) is 0. The number of nitrogens with one attached hydrogen (secondary N) is 3. The summed E-state index contributed by atoms with van der Waals surface area (Å²) in [6.07, 6.45) is 0. The van der Waals surface area contributed by atoms with Gasteiger partial charge in [-0.05, 0) is 0 Å². The molecule has 0 bridgehead atoms. The van der Waals surface area contributed by atoms with Gasteiger partial charge in [0.25, 0.3) is 0 Å². The summed E-state index contributed by atoms with van der Waals surface area (Å²) >= 11 is -4.60. The second-order valence-electron chi connectivity index (χ2n) is 0.609. The van der Waals surface area contributed by atoms with E-state index in [1.54, 1.807) is 0 Å². The molecule has 0 aromatic rings. The van der Waals surface area contributed by atoms with Crippen molar-refractivity contribution in [3.63, 3.8) is 0 Å². The van der Waals surface area contributed by atoms with E-state index in [1.807, 2.05) is 0 Å². The Hall–Kier alpha value is 0.498. The summed E-state index contributed by atoms with van der Waals surface area (Å²) < 4.78 is 27.0. The van der Waals surface area contributed by atoms with Crippen molar-refractivity contribution in [3.8, 4) is 0 Å². The molecule has 0 aromatic heterocycles. The van der Waals surface area contributed by atoms with Gasteiger partial charge in [0.15, 0.2) is 0 Å². The Kier molecular flexibility index (Phi) is 1.43. The fourth-order valence-electron chi connectivity index (χ4n) is 0. The van der Waals surface area contributed by atoms with E-state index >= 15 is 0 Å². The van der Waals surface area contributed by atoms with Gasteiger partial charge in [0.2, 0.25) is 0 Å². The molecule has 0 heterocycles. The Morgan fingerprint density at radius 2 is 1.20 bits per heavy atom. The molecule has 0 aliphatic heterocycles. The molecule has 0 saturated carbocycles. The summed E-state index contributed by atoms with van der Waals surface area (Å²) in [4.78, 5) is 0. The van der Waals surface area contributed by atoms with E-state index < -0.39 is 19.6 Å². The second-order valence-corrected chi connectivity index (χ2v) is 4.09. The first-order chi connectivity index (χ1) is 2.00. The van der Waals surface area contributed by atoms with Crippen molar-refractivity contribution < 1.29 is 3.02 Å². The van der Waals surface area contributed by atoms with Crippen LogP contribution in [0.1, 0.15) is 0 Å². The van der Waals surface area contributed by atoms with Gasteiger partial charge in [-0.1, -0.05) is 0 Å². The first kappa shape index (κ1) is 5.50. The molecule has 3 N–H and O–H groups in total. The third-order valence-electron chi connectivity index (χ3n) is 0. The van der Waals surface area contributed by atoms with E-state index in [0.717, 1.165) is 0 Å². The fourth-order valence-corrected chi connectivity index (χ4v) is 0.